The monoisotopic (exact) mass is 520 g/mol. The molecule has 7 heteroatoms. The molecule has 2 heterocycles. The van der Waals surface area contributed by atoms with Gasteiger partial charge in [0.1, 0.15) is 6.61 Å². The molecule has 0 aliphatic heterocycles. The standard InChI is InChI=1S/C26H21BrN2O3S/c1-3-31-22-12-18(19(27)14-23(22)32-15-17-8-6-7-16(2)11-17)13-24-25(30)29-21-10-5-4-9-20(21)28-26(29)33-24/h4-14H,3,15H2,1-2H3. The Hall–Kier alpha value is -3.16. The third kappa shape index (κ3) is 4.26. The van der Waals surface area contributed by atoms with Crippen LogP contribution in [-0.4, -0.2) is 16.0 Å². The fourth-order valence-electron chi connectivity index (χ4n) is 3.76. The molecule has 33 heavy (non-hydrogen) atoms. The van der Waals surface area contributed by atoms with Crippen molar-refractivity contribution in [1.82, 2.24) is 9.38 Å². The fraction of sp³-hybridized carbons (Fsp3) is 0.154. The van der Waals surface area contributed by atoms with E-state index < -0.39 is 0 Å². The second-order valence-corrected chi connectivity index (χ2v) is 9.53. The predicted molar refractivity (Wildman–Crippen MR) is 136 cm³/mol. The summed E-state index contributed by atoms with van der Waals surface area (Å²) in [4.78, 5) is 18.4. The molecule has 0 aliphatic rings. The number of imidazole rings is 1. The fourth-order valence-corrected chi connectivity index (χ4v) is 5.17. The van der Waals surface area contributed by atoms with E-state index in [9.17, 15) is 4.79 Å². The average Bonchev–Trinajstić information content (AvgIpc) is 3.31. The lowest BCUT2D eigenvalue weighted by molar-refractivity contribution is 0.269. The van der Waals surface area contributed by atoms with Crippen molar-refractivity contribution in [2.24, 2.45) is 0 Å². The maximum Gasteiger partial charge on any atom is 0.274 e. The summed E-state index contributed by atoms with van der Waals surface area (Å²) in [5, 5.41) is 0. The van der Waals surface area contributed by atoms with Crippen molar-refractivity contribution in [2.45, 2.75) is 20.5 Å². The molecule has 0 N–H and O–H groups in total. The maximum atomic E-state index is 13.1. The van der Waals surface area contributed by atoms with Gasteiger partial charge in [0.25, 0.3) is 5.56 Å². The van der Waals surface area contributed by atoms with Crippen molar-refractivity contribution >= 4 is 49.3 Å². The van der Waals surface area contributed by atoms with Gasteiger partial charge in [0, 0.05) is 4.47 Å². The Kier molecular flexibility index (Phi) is 5.91. The van der Waals surface area contributed by atoms with E-state index in [2.05, 4.69) is 40.0 Å². The number of halogens is 1. The number of aryl methyl sites for hydroxylation is 1. The molecule has 0 radical (unpaired) electrons. The van der Waals surface area contributed by atoms with Crippen LogP contribution in [-0.2, 0) is 6.61 Å². The van der Waals surface area contributed by atoms with Gasteiger partial charge in [-0.05, 0) is 55.3 Å². The summed E-state index contributed by atoms with van der Waals surface area (Å²) in [7, 11) is 0. The van der Waals surface area contributed by atoms with Crippen LogP contribution >= 0.6 is 27.3 Å². The summed E-state index contributed by atoms with van der Waals surface area (Å²) >= 11 is 5.02. The molecule has 3 aromatic carbocycles. The largest absolute Gasteiger partial charge is 0.490 e. The Morgan fingerprint density at radius 3 is 2.70 bits per heavy atom. The summed E-state index contributed by atoms with van der Waals surface area (Å²) in [6.07, 6.45) is 1.87. The molecular formula is C26H21BrN2O3S. The van der Waals surface area contributed by atoms with E-state index in [4.69, 9.17) is 9.47 Å². The normalized spacial score (nSPS) is 12.0. The van der Waals surface area contributed by atoms with Crippen LogP contribution in [0.2, 0.25) is 0 Å². The van der Waals surface area contributed by atoms with Gasteiger partial charge >= 0.3 is 0 Å². The van der Waals surface area contributed by atoms with Crippen LogP contribution < -0.4 is 19.6 Å². The smallest absolute Gasteiger partial charge is 0.274 e. The summed E-state index contributed by atoms with van der Waals surface area (Å²) in [6.45, 7) is 4.95. The van der Waals surface area contributed by atoms with Crippen LogP contribution in [0.15, 0.2) is 69.9 Å². The molecule has 5 aromatic rings. The highest BCUT2D eigenvalue weighted by molar-refractivity contribution is 9.10. The Labute approximate surface area is 203 Å². The van der Waals surface area contributed by atoms with Gasteiger partial charge in [-0.1, -0.05) is 69.2 Å². The molecule has 0 fully saturated rings. The van der Waals surface area contributed by atoms with Crippen molar-refractivity contribution < 1.29 is 9.47 Å². The summed E-state index contributed by atoms with van der Waals surface area (Å²) in [5.41, 5.74) is 4.69. The number of ether oxygens (including phenoxy) is 2. The maximum absolute atomic E-state index is 13.1. The molecule has 0 spiro atoms. The minimum absolute atomic E-state index is 0.0756. The third-order valence-electron chi connectivity index (χ3n) is 5.27. The van der Waals surface area contributed by atoms with Gasteiger partial charge in [-0.2, -0.15) is 0 Å². The number of hydrogen-bond donors (Lipinski definition) is 0. The first-order valence-corrected chi connectivity index (χ1v) is 12.2. The quantitative estimate of drug-likeness (QED) is 0.296. The molecule has 0 unspecified atom stereocenters. The number of benzene rings is 3. The zero-order chi connectivity index (χ0) is 22.9. The first-order valence-electron chi connectivity index (χ1n) is 10.6. The van der Waals surface area contributed by atoms with Crippen LogP contribution in [0.5, 0.6) is 11.5 Å². The lowest BCUT2D eigenvalue weighted by Crippen LogP contribution is -2.22. The van der Waals surface area contributed by atoms with E-state index in [1.807, 2.05) is 61.5 Å². The van der Waals surface area contributed by atoms with E-state index in [1.54, 1.807) is 4.40 Å². The molecule has 166 valence electrons. The summed E-state index contributed by atoms with van der Waals surface area (Å²) < 4.78 is 15.0. The lowest BCUT2D eigenvalue weighted by Gasteiger charge is -2.14. The molecule has 5 nitrogen and oxygen atoms in total. The van der Waals surface area contributed by atoms with Crippen LogP contribution in [0.3, 0.4) is 0 Å². The minimum atomic E-state index is -0.0756. The number of nitrogens with zero attached hydrogens (tertiary/aromatic N) is 2. The van der Waals surface area contributed by atoms with E-state index in [-0.39, 0.29) is 5.56 Å². The first kappa shape index (κ1) is 21.7. The van der Waals surface area contributed by atoms with E-state index in [0.717, 1.165) is 26.6 Å². The first-order chi connectivity index (χ1) is 16.0. The zero-order valence-electron chi connectivity index (χ0n) is 18.2. The highest BCUT2D eigenvalue weighted by Gasteiger charge is 2.13. The van der Waals surface area contributed by atoms with Crippen LogP contribution in [0.1, 0.15) is 23.6 Å². The number of rotatable bonds is 6. The van der Waals surface area contributed by atoms with Crippen molar-refractivity contribution in [3.8, 4) is 11.5 Å². The molecular weight excluding hydrogens is 500 g/mol. The lowest BCUT2D eigenvalue weighted by atomic mass is 10.1. The SMILES string of the molecule is CCOc1cc(C=c2sc3nc4ccccc4n3c2=O)c(Br)cc1OCc1cccc(C)c1. The highest BCUT2D eigenvalue weighted by atomic mass is 79.9. The molecule has 0 saturated carbocycles. The molecule has 0 saturated heterocycles. The number of hydrogen-bond acceptors (Lipinski definition) is 5. The second kappa shape index (κ2) is 9.00. The van der Waals surface area contributed by atoms with Gasteiger partial charge in [0.2, 0.25) is 0 Å². The van der Waals surface area contributed by atoms with Crippen molar-refractivity contribution in [3.63, 3.8) is 0 Å². The summed E-state index contributed by atoms with van der Waals surface area (Å²) in [5.74, 6) is 1.29. The molecule has 2 aromatic heterocycles. The molecule has 0 aliphatic carbocycles. The van der Waals surface area contributed by atoms with Gasteiger partial charge in [-0.15, -0.1) is 0 Å². The predicted octanol–water partition coefficient (Wildman–Crippen LogP) is 5.51. The van der Waals surface area contributed by atoms with Gasteiger partial charge in [-0.3, -0.25) is 4.79 Å². The Balaban J connectivity index is 1.53. The molecule has 0 atom stereocenters. The van der Waals surface area contributed by atoms with Crippen molar-refractivity contribution in [1.29, 1.82) is 0 Å². The van der Waals surface area contributed by atoms with Gasteiger partial charge in [0.05, 0.1) is 22.2 Å². The summed E-state index contributed by atoms with van der Waals surface area (Å²) in [6, 6.07) is 19.7. The number of thiazole rings is 1. The number of para-hydroxylation sites is 2. The zero-order valence-corrected chi connectivity index (χ0v) is 20.6. The van der Waals surface area contributed by atoms with E-state index >= 15 is 0 Å². The third-order valence-corrected chi connectivity index (χ3v) is 6.93. The molecule has 0 amide bonds. The topological polar surface area (TPSA) is 52.8 Å². The van der Waals surface area contributed by atoms with Gasteiger partial charge in [-0.25, -0.2) is 9.38 Å². The average molecular weight is 521 g/mol. The van der Waals surface area contributed by atoms with Crippen LogP contribution in [0.25, 0.3) is 22.1 Å². The number of fused-ring (bicyclic) bond motifs is 3. The Morgan fingerprint density at radius 2 is 1.88 bits per heavy atom. The second-order valence-electron chi connectivity index (χ2n) is 7.67. The van der Waals surface area contributed by atoms with Crippen LogP contribution in [0.4, 0.5) is 0 Å². The Morgan fingerprint density at radius 1 is 1.06 bits per heavy atom. The van der Waals surface area contributed by atoms with Crippen molar-refractivity contribution in [2.75, 3.05) is 6.61 Å². The van der Waals surface area contributed by atoms with Gasteiger partial charge in [0.15, 0.2) is 16.5 Å². The Bertz CT molecular complexity index is 1590. The van der Waals surface area contributed by atoms with Gasteiger partial charge < -0.3 is 9.47 Å². The molecule has 5 rings (SSSR count). The highest BCUT2D eigenvalue weighted by Crippen LogP contribution is 2.35. The van der Waals surface area contributed by atoms with Crippen LogP contribution in [0, 0.1) is 6.92 Å². The number of aromatic nitrogens is 2. The van der Waals surface area contributed by atoms with E-state index in [0.29, 0.717) is 34.2 Å². The van der Waals surface area contributed by atoms with E-state index in [1.165, 1.54) is 16.9 Å². The van der Waals surface area contributed by atoms with Crippen molar-refractivity contribution in [3.05, 3.63) is 96.7 Å². The molecule has 0 bridgehead atoms. The minimum Gasteiger partial charge on any atom is -0.490 e.